The highest BCUT2D eigenvalue weighted by molar-refractivity contribution is 5.90. The Labute approximate surface area is 145 Å². The molecule has 0 aliphatic carbocycles. The van der Waals surface area contributed by atoms with Gasteiger partial charge in [0.2, 0.25) is 0 Å². The standard InChI is InChI=1S/C19H19N5O/c1-13-3-2-4-15(11-13)23-19(25)24-10-7-16-17(22-12-21-16)18(24)14-5-8-20-9-6-14/h2-6,8-9,11-12,18H,7,10H2,1H3,(H,21,22)(H,23,25)/t18-/m1/s1. The van der Waals surface area contributed by atoms with E-state index in [-0.39, 0.29) is 12.1 Å². The van der Waals surface area contributed by atoms with E-state index in [2.05, 4.69) is 20.3 Å². The summed E-state index contributed by atoms with van der Waals surface area (Å²) in [6.07, 6.45) is 5.94. The first-order valence-corrected chi connectivity index (χ1v) is 8.29. The second-order valence-electron chi connectivity index (χ2n) is 6.19. The van der Waals surface area contributed by atoms with E-state index in [1.807, 2.05) is 48.2 Å². The first kappa shape index (κ1) is 15.4. The van der Waals surface area contributed by atoms with Gasteiger partial charge in [0.1, 0.15) is 6.04 Å². The lowest BCUT2D eigenvalue weighted by molar-refractivity contribution is 0.192. The van der Waals surface area contributed by atoms with Gasteiger partial charge in [-0.05, 0) is 42.3 Å². The third-order valence-electron chi connectivity index (χ3n) is 4.48. The van der Waals surface area contributed by atoms with Crippen molar-refractivity contribution in [1.82, 2.24) is 19.9 Å². The number of benzene rings is 1. The average molecular weight is 333 g/mol. The Hall–Kier alpha value is -3.15. The Morgan fingerprint density at radius 3 is 2.92 bits per heavy atom. The van der Waals surface area contributed by atoms with Crippen LogP contribution in [-0.2, 0) is 6.42 Å². The normalized spacial score (nSPS) is 16.4. The number of H-pyrrole nitrogens is 1. The molecule has 2 amide bonds. The maximum atomic E-state index is 13.0. The number of amides is 2. The van der Waals surface area contributed by atoms with Crippen molar-refractivity contribution in [2.24, 2.45) is 0 Å². The van der Waals surface area contributed by atoms with Crippen molar-refractivity contribution in [2.75, 3.05) is 11.9 Å². The quantitative estimate of drug-likeness (QED) is 0.756. The first-order valence-electron chi connectivity index (χ1n) is 8.29. The number of hydrogen-bond acceptors (Lipinski definition) is 3. The fourth-order valence-corrected chi connectivity index (χ4v) is 3.30. The van der Waals surface area contributed by atoms with Gasteiger partial charge in [-0.3, -0.25) is 4.98 Å². The van der Waals surface area contributed by atoms with Gasteiger partial charge in [0.25, 0.3) is 0 Å². The van der Waals surface area contributed by atoms with Crippen molar-refractivity contribution in [2.45, 2.75) is 19.4 Å². The van der Waals surface area contributed by atoms with Gasteiger partial charge in [-0.25, -0.2) is 9.78 Å². The number of imidazole rings is 1. The Morgan fingerprint density at radius 2 is 2.12 bits per heavy atom. The summed E-state index contributed by atoms with van der Waals surface area (Å²) in [6.45, 7) is 2.63. The Bertz CT molecular complexity index is 890. The van der Waals surface area contributed by atoms with Crippen LogP contribution in [0.2, 0.25) is 0 Å². The number of aromatic amines is 1. The molecule has 0 radical (unpaired) electrons. The molecule has 1 aliphatic rings. The second kappa shape index (κ2) is 6.39. The van der Waals surface area contributed by atoms with E-state index in [0.717, 1.165) is 34.6 Å². The summed E-state index contributed by atoms with van der Waals surface area (Å²) in [5, 5.41) is 3.01. The zero-order valence-electron chi connectivity index (χ0n) is 13.9. The SMILES string of the molecule is Cc1cccc(NC(=O)N2CCc3[nH]cnc3[C@H]2c2ccncc2)c1. The van der Waals surface area contributed by atoms with E-state index in [1.54, 1.807) is 18.7 Å². The lowest BCUT2D eigenvalue weighted by Crippen LogP contribution is -2.43. The molecule has 2 N–H and O–H groups in total. The van der Waals surface area contributed by atoms with E-state index in [0.29, 0.717) is 6.54 Å². The molecule has 6 nitrogen and oxygen atoms in total. The number of carbonyl (C=O) groups excluding carboxylic acids is 1. The van der Waals surface area contributed by atoms with Gasteiger partial charge in [-0.1, -0.05) is 12.1 Å². The number of aromatic nitrogens is 3. The van der Waals surface area contributed by atoms with Crippen LogP contribution in [0.5, 0.6) is 0 Å². The van der Waals surface area contributed by atoms with Crippen molar-refractivity contribution in [1.29, 1.82) is 0 Å². The second-order valence-corrected chi connectivity index (χ2v) is 6.19. The summed E-state index contributed by atoms with van der Waals surface area (Å²) >= 11 is 0. The van der Waals surface area contributed by atoms with Gasteiger partial charge in [0.05, 0.1) is 12.0 Å². The number of nitrogens with zero attached hydrogens (tertiary/aromatic N) is 3. The van der Waals surface area contributed by atoms with Crippen LogP contribution in [0.25, 0.3) is 0 Å². The fourth-order valence-electron chi connectivity index (χ4n) is 3.30. The molecule has 0 saturated carbocycles. The fraction of sp³-hybridized carbons (Fsp3) is 0.211. The van der Waals surface area contributed by atoms with Gasteiger partial charge in [-0.2, -0.15) is 0 Å². The minimum atomic E-state index is -0.220. The van der Waals surface area contributed by atoms with Crippen LogP contribution in [0.3, 0.4) is 0 Å². The van der Waals surface area contributed by atoms with Crippen LogP contribution >= 0.6 is 0 Å². The number of nitrogens with one attached hydrogen (secondary N) is 2. The van der Waals surface area contributed by atoms with Crippen LogP contribution < -0.4 is 5.32 Å². The number of fused-ring (bicyclic) bond motifs is 1. The predicted octanol–water partition coefficient (Wildman–Crippen LogP) is 3.29. The molecule has 3 heterocycles. The molecule has 25 heavy (non-hydrogen) atoms. The number of rotatable bonds is 2. The van der Waals surface area contributed by atoms with Gasteiger partial charge < -0.3 is 15.2 Å². The average Bonchev–Trinajstić information content (AvgIpc) is 3.10. The monoisotopic (exact) mass is 333 g/mol. The molecule has 1 aromatic carbocycles. The van der Waals surface area contributed by atoms with Gasteiger partial charge in [0.15, 0.2) is 0 Å². The number of aryl methyl sites for hydroxylation is 1. The highest BCUT2D eigenvalue weighted by Gasteiger charge is 2.34. The molecule has 1 atom stereocenters. The Kier molecular flexibility index (Phi) is 3.93. The third kappa shape index (κ3) is 2.98. The maximum absolute atomic E-state index is 13.0. The van der Waals surface area contributed by atoms with E-state index >= 15 is 0 Å². The molecule has 0 fully saturated rings. The minimum Gasteiger partial charge on any atom is -0.348 e. The number of pyridine rings is 1. The largest absolute Gasteiger partial charge is 0.348 e. The third-order valence-corrected chi connectivity index (χ3v) is 4.48. The lowest BCUT2D eigenvalue weighted by atomic mass is 9.97. The summed E-state index contributed by atoms with van der Waals surface area (Å²) in [5.74, 6) is 0. The van der Waals surface area contributed by atoms with Crippen molar-refractivity contribution in [3.8, 4) is 0 Å². The van der Waals surface area contributed by atoms with Gasteiger partial charge in [0, 0.05) is 36.7 Å². The molecule has 126 valence electrons. The van der Waals surface area contributed by atoms with E-state index < -0.39 is 0 Å². The minimum absolute atomic E-state index is 0.124. The van der Waals surface area contributed by atoms with Crippen LogP contribution in [0.15, 0.2) is 55.1 Å². The molecular weight excluding hydrogens is 314 g/mol. The number of hydrogen-bond donors (Lipinski definition) is 2. The maximum Gasteiger partial charge on any atom is 0.322 e. The first-order chi connectivity index (χ1) is 12.2. The molecule has 4 rings (SSSR count). The molecule has 0 spiro atoms. The molecule has 0 unspecified atom stereocenters. The molecule has 3 aromatic rings. The number of carbonyl (C=O) groups is 1. The zero-order chi connectivity index (χ0) is 17.2. The predicted molar refractivity (Wildman–Crippen MR) is 95.3 cm³/mol. The van der Waals surface area contributed by atoms with E-state index in [9.17, 15) is 4.79 Å². The molecule has 1 aliphatic heterocycles. The summed E-state index contributed by atoms with van der Waals surface area (Å²) in [6, 6.07) is 11.3. The topological polar surface area (TPSA) is 73.9 Å². The van der Waals surface area contributed by atoms with Crippen LogP contribution in [0, 0.1) is 6.92 Å². The summed E-state index contributed by atoms with van der Waals surface area (Å²) in [4.78, 5) is 26.5. The zero-order valence-corrected chi connectivity index (χ0v) is 13.9. The van der Waals surface area contributed by atoms with Crippen molar-refractivity contribution in [3.05, 3.63) is 77.6 Å². The van der Waals surface area contributed by atoms with E-state index in [4.69, 9.17) is 0 Å². The number of urea groups is 1. The highest BCUT2D eigenvalue weighted by atomic mass is 16.2. The molecule has 2 aromatic heterocycles. The highest BCUT2D eigenvalue weighted by Crippen LogP contribution is 2.33. The summed E-state index contributed by atoms with van der Waals surface area (Å²) < 4.78 is 0. The van der Waals surface area contributed by atoms with E-state index in [1.165, 1.54) is 0 Å². The van der Waals surface area contributed by atoms with Crippen molar-refractivity contribution >= 4 is 11.7 Å². The lowest BCUT2D eigenvalue weighted by Gasteiger charge is -2.35. The molecule has 6 heteroatoms. The smallest absolute Gasteiger partial charge is 0.322 e. The van der Waals surface area contributed by atoms with Crippen LogP contribution in [0.4, 0.5) is 10.5 Å². The van der Waals surface area contributed by atoms with Crippen LogP contribution in [-0.4, -0.2) is 32.4 Å². The summed E-state index contributed by atoms with van der Waals surface area (Å²) in [7, 11) is 0. The van der Waals surface area contributed by atoms with Gasteiger partial charge >= 0.3 is 6.03 Å². The Morgan fingerprint density at radius 1 is 1.28 bits per heavy atom. The summed E-state index contributed by atoms with van der Waals surface area (Å²) in [5.41, 5.74) is 4.89. The molecular formula is C19H19N5O. The number of anilines is 1. The van der Waals surface area contributed by atoms with Crippen LogP contribution in [0.1, 0.15) is 28.6 Å². The Balaban J connectivity index is 1.66. The van der Waals surface area contributed by atoms with Crippen molar-refractivity contribution < 1.29 is 4.79 Å². The van der Waals surface area contributed by atoms with Gasteiger partial charge in [-0.15, -0.1) is 0 Å². The van der Waals surface area contributed by atoms with Crippen molar-refractivity contribution in [3.63, 3.8) is 0 Å². The molecule has 0 saturated heterocycles. The molecule has 0 bridgehead atoms.